The molecular weight excluding hydrogens is 246 g/mol. The number of aryl methyl sites for hydroxylation is 2. The molecule has 2 heterocycles. The summed E-state index contributed by atoms with van der Waals surface area (Å²) in [7, 11) is 2.09. The van der Waals surface area contributed by atoms with Crippen LogP contribution in [0.3, 0.4) is 0 Å². The average molecular weight is 263 g/mol. The maximum absolute atomic E-state index is 4.77. The number of imidazole rings is 1. The largest absolute Gasteiger partial charge is 0.385 e. The van der Waals surface area contributed by atoms with E-state index in [2.05, 4.69) is 53.3 Å². The van der Waals surface area contributed by atoms with Gasteiger partial charge in [-0.1, -0.05) is 12.1 Å². The number of hydrogen-bond donors (Lipinski definition) is 1. The van der Waals surface area contributed by atoms with Gasteiger partial charge in [0.25, 0.3) is 0 Å². The van der Waals surface area contributed by atoms with E-state index in [-0.39, 0.29) is 0 Å². The zero-order chi connectivity index (χ0) is 13.5. The van der Waals surface area contributed by atoms with E-state index < -0.39 is 0 Å². The van der Waals surface area contributed by atoms with Crippen LogP contribution in [0.1, 0.15) is 12.0 Å². The van der Waals surface area contributed by atoms with Crippen molar-refractivity contribution in [3.8, 4) is 11.4 Å². The Bertz CT molecular complexity index is 786. The Kier molecular flexibility index (Phi) is 2.52. The second-order valence-electron chi connectivity index (χ2n) is 5.39. The Balaban J connectivity index is 1.88. The average Bonchev–Trinajstić information content (AvgIpc) is 2.84. The molecule has 4 rings (SSSR count). The summed E-state index contributed by atoms with van der Waals surface area (Å²) in [5, 5.41) is 3.46. The molecule has 0 radical (unpaired) electrons. The summed E-state index contributed by atoms with van der Waals surface area (Å²) in [5.41, 5.74) is 6.12. The third kappa shape index (κ3) is 1.70. The standard InChI is InChI=1S/C17H17N3/c1-20-16-7-3-2-6-15(16)19-17(20)13-8-9-14-12(11-13)5-4-10-18-14/h2-3,6-9,11,18H,4-5,10H2,1H3. The third-order valence-electron chi connectivity index (χ3n) is 4.09. The number of nitrogens with one attached hydrogen (secondary N) is 1. The first-order chi connectivity index (χ1) is 9.83. The molecule has 0 aliphatic carbocycles. The van der Waals surface area contributed by atoms with E-state index in [1.54, 1.807) is 0 Å². The number of aromatic nitrogens is 2. The molecule has 3 heteroatoms. The maximum atomic E-state index is 4.77. The number of rotatable bonds is 1. The minimum absolute atomic E-state index is 1.04. The van der Waals surface area contributed by atoms with Gasteiger partial charge in [-0.3, -0.25) is 0 Å². The summed E-state index contributed by atoms with van der Waals surface area (Å²) in [6, 6.07) is 14.9. The summed E-state index contributed by atoms with van der Waals surface area (Å²) in [6.07, 6.45) is 2.36. The van der Waals surface area contributed by atoms with Crippen molar-refractivity contribution in [2.45, 2.75) is 12.8 Å². The van der Waals surface area contributed by atoms with Gasteiger partial charge in [0.1, 0.15) is 5.82 Å². The summed E-state index contributed by atoms with van der Waals surface area (Å²) in [5.74, 6) is 1.04. The molecule has 1 N–H and O–H groups in total. The fourth-order valence-electron chi connectivity index (χ4n) is 3.02. The van der Waals surface area contributed by atoms with E-state index in [1.807, 2.05) is 6.07 Å². The lowest BCUT2D eigenvalue weighted by Gasteiger charge is -2.18. The number of nitrogens with zero attached hydrogens (tertiary/aromatic N) is 2. The van der Waals surface area contributed by atoms with Crippen LogP contribution >= 0.6 is 0 Å². The van der Waals surface area contributed by atoms with Crippen LogP contribution in [0.15, 0.2) is 42.5 Å². The summed E-state index contributed by atoms with van der Waals surface area (Å²) in [6.45, 7) is 1.08. The Morgan fingerprint density at radius 3 is 2.95 bits per heavy atom. The third-order valence-corrected chi connectivity index (χ3v) is 4.09. The van der Waals surface area contributed by atoms with Gasteiger partial charge in [0, 0.05) is 24.8 Å². The molecule has 2 aromatic carbocycles. The SMILES string of the molecule is Cn1c(-c2ccc3c(c2)CCCN3)nc2ccccc21. The highest BCUT2D eigenvalue weighted by Gasteiger charge is 2.13. The van der Waals surface area contributed by atoms with Crippen LogP contribution in [0.4, 0.5) is 5.69 Å². The minimum Gasteiger partial charge on any atom is -0.385 e. The second kappa shape index (κ2) is 4.37. The van der Waals surface area contributed by atoms with E-state index in [4.69, 9.17) is 4.98 Å². The van der Waals surface area contributed by atoms with Crippen molar-refractivity contribution < 1.29 is 0 Å². The van der Waals surface area contributed by atoms with Gasteiger partial charge in [0.15, 0.2) is 0 Å². The van der Waals surface area contributed by atoms with E-state index in [1.165, 1.54) is 28.8 Å². The highest BCUT2D eigenvalue weighted by atomic mass is 15.1. The highest BCUT2D eigenvalue weighted by Crippen LogP contribution is 2.29. The highest BCUT2D eigenvalue weighted by molar-refractivity contribution is 5.81. The first-order valence-corrected chi connectivity index (χ1v) is 7.11. The first-order valence-electron chi connectivity index (χ1n) is 7.11. The first kappa shape index (κ1) is 11.5. The van der Waals surface area contributed by atoms with E-state index in [9.17, 15) is 0 Å². The molecule has 20 heavy (non-hydrogen) atoms. The van der Waals surface area contributed by atoms with Crippen LogP contribution in [0.2, 0.25) is 0 Å². The lowest BCUT2D eigenvalue weighted by Crippen LogP contribution is -2.11. The number of benzene rings is 2. The zero-order valence-electron chi connectivity index (χ0n) is 11.6. The van der Waals surface area contributed by atoms with Crippen LogP contribution in [0.5, 0.6) is 0 Å². The van der Waals surface area contributed by atoms with Crippen LogP contribution in [0, 0.1) is 0 Å². The monoisotopic (exact) mass is 263 g/mol. The molecule has 3 aromatic rings. The van der Waals surface area contributed by atoms with Gasteiger partial charge >= 0.3 is 0 Å². The molecule has 0 atom stereocenters. The summed E-state index contributed by atoms with van der Waals surface area (Å²) < 4.78 is 2.17. The molecule has 0 amide bonds. The van der Waals surface area contributed by atoms with Crippen LogP contribution in [0.25, 0.3) is 22.4 Å². The molecule has 0 fully saturated rings. The predicted molar refractivity (Wildman–Crippen MR) is 83.0 cm³/mol. The minimum atomic E-state index is 1.04. The van der Waals surface area contributed by atoms with Crippen molar-refractivity contribution in [1.82, 2.24) is 9.55 Å². The van der Waals surface area contributed by atoms with Crippen molar-refractivity contribution in [3.05, 3.63) is 48.0 Å². The Hall–Kier alpha value is -2.29. The lowest BCUT2D eigenvalue weighted by atomic mass is 10.0. The van der Waals surface area contributed by atoms with Crippen molar-refractivity contribution in [3.63, 3.8) is 0 Å². The Morgan fingerprint density at radius 1 is 1.15 bits per heavy atom. The van der Waals surface area contributed by atoms with Gasteiger partial charge in [-0.2, -0.15) is 0 Å². The molecule has 0 bridgehead atoms. The Morgan fingerprint density at radius 2 is 2.05 bits per heavy atom. The molecule has 1 aliphatic rings. The van der Waals surface area contributed by atoms with Crippen molar-refractivity contribution in [2.24, 2.45) is 7.05 Å². The quantitative estimate of drug-likeness (QED) is 0.727. The second-order valence-corrected chi connectivity index (χ2v) is 5.39. The maximum Gasteiger partial charge on any atom is 0.140 e. The lowest BCUT2D eigenvalue weighted by molar-refractivity contribution is 0.830. The van der Waals surface area contributed by atoms with Gasteiger partial charge in [-0.15, -0.1) is 0 Å². The molecule has 100 valence electrons. The zero-order valence-corrected chi connectivity index (χ0v) is 11.6. The Labute approximate surface area is 118 Å². The van der Waals surface area contributed by atoms with Gasteiger partial charge in [0.05, 0.1) is 11.0 Å². The van der Waals surface area contributed by atoms with Gasteiger partial charge < -0.3 is 9.88 Å². The van der Waals surface area contributed by atoms with Crippen LogP contribution < -0.4 is 5.32 Å². The fraction of sp³-hybridized carbons (Fsp3) is 0.235. The number of hydrogen-bond acceptors (Lipinski definition) is 2. The predicted octanol–water partition coefficient (Wildman–Crippen LogP) is 3.60. The molecule has 3 nitrogen and oxygen atoms in total. The van der Waals surface area contributed by atoms with Crippen molar-refractivity contribution >= 4 is 16.7 Å². The van der Waals surface area contributed by atoms with E-state index in [0.717, 1.165) is 24.3 Å². The van der Waals surface area contributed by atoms with Crippen molar-refractivity contribution in [2.75, 3.05) is 11.9 Å². The molecule has 0 saturated heterocycles. The summed E-state index contributed by atoms with van der Waals surface area (Å²) in [4.78, 5) is 4.77. The summed E-state index contributed by atoms with van der Waals surface area (Å²) >= 11 is 0. The topological polar surface area (TPSA) is 29.9 Å². The fourth-order valence-corrected chi connectivity index (χ4v) is 3.02. The molecular formula is C17H17N3. The van der Waals surface area contributed by atoms with Gasteiger partial charge in [-0.05, 0) is 48.7 Å². The molecule has 0 spiro atoms. The molecule has 1 aromatic heterocycles. The van der Waals surface area contributed by atoms with Crippen molar-refractivity contribution in [1.29, 1.82) is 0 Å². The normalized spacial score (nSPS) is 14.1. The molecule has 0 saturated carbocycles. The smallest absolute Gasteiger partial charge is 0.140 e. The number of para-hydroxylation sites is 2. The number of fused-ring (bicyclic) bond motifs is 2. The van der Waals surface area contributed by atoms with Gasteiger partial charge in [-0.25, -0.2) is 4.98 Å². The van der Waals surface area contributed by atoms with Crippen LogP contribution in [-0.2, 0) is 13.5 Å². The van der Waals surface area contributed by atoms with E-state index in [0.29, 0.717) is 0 Å². The van der Waals surface area contributed by atoms with Crippen LogP contribution in [-0.4, -0.2) is 16.1 Å². The van der Waals surface area contributed by atoms with E-state index >= 15 is 0 Å². The van der Waals surface area contributed by atoms with Gasteiger partial charge in [0.2, 0.25) is 0 Å². The molecule has 0 unspecified atom stereocenters. The number of anilines is 1. The molecule has 1 aliphatic heterocycles.